The summed E-state index contributed by atoms with van der Waals surface area (Å²) in [5.41, 5.74) is 0.656. The van der Waals surface area contributed by atoms with Crippen LogP contribution in [0.15, 0.2) is 41.8 Å². The second-order valence-corrected chi connectivity index (χ2v) is 7.50. The van der Waals surface area contributed by atoms with Crippen LogP contribution in [0.3, 0.4) is 0 Å². The lowest BCUT2D eigenvalue weighted by molar-refractivity contribution is -0.123. The van der Waals surface area contributed by atoms with Crippen LogP contribution in [-0.4, -0.2) is 36.6 Å². The number of likely N-dealkylation sites (tertiary alicyclic amines) is 1. The molecule has 0 N–H and O–H groups in total. The van der Waals surface area contributed by atoms with Crippen molar-refractivity contribution in [3.63, 3.8) is 0 Å². The van der Waals surface area contributed by atoms with Crippen LogP contribution >= 0.6 is 11.3 Å². The van der Waals surface area contributed by atoms with Crippen LogP contribution in [0, 0.1) is 11.7 Å². The number of carbonyl (C=O) groups is 2. The summed E-state index contributed by atoms with van der Waals surface area (Å²) in [7, 11) is 0. The SMILES string of the molecule is CCOC(=O)N1CCCC(C(=O)N(Cc2cccs2)c2ccc(F)cc2)C1. The van der Waals surface area contributed by atoms with Gasteiger partial charge < -0.3 is 14.5 Å². The van der Waals surface area contributed by atoms with Crippen LogP contribution in [0.25, 0.3) is 0 Å². The zero-order valence-electron chi connectivity index (χ0n) is 15.3. The number of rotatable bonds is 5. The minimum Gasteiger partial charge on any atom is -0.450 e. The van der Waals surface area contributed by atoms with Gasteiger partial charge in [-0.1, -0.05) is 6.07 Å². The van der Waals surface area contributed by atoms with Gasteiger partial charge in [0, 0.05) is 23.7 Å². The van der Waals surface area contributed by atoms with Gasteiger partial charge in [-0.15, -0.1) is 11.3 Å². The maximum Gasteiger partial charge on any atom is 0.409 e. The van der Waals surface area contributed by atoms with E-state index in [-0.39, 0.29) is 23.7 Å². The van der Waals surface area contributed by atoms with Crippen LogP contribution in [0.1, 0.15) is 24.6 Å². The quantitative estimate of drug-likeness (QED) is 0.765. The number of piperidine rings is 1. The molecule has 1 saturated heterocycles. The zero-order valence-corrected chi connectivity index (χ0v) is 16.1. The molecule has 5 nitrogen and oxygen atoms in total. The third-order valence-electron chi connectivity index (χ3n) is 4.60. The highest BCUT2D eigenvalue weighted by Crippen LogP contribution is 2.26. The van der Waals surface area contributed by atoms with E-state index in [1.54, 1.807) is 40.2 Å². The number of nitrogens with zero attached hydrogens (tertiary/aromatic N) is 2. The van der Waals surface area contributed by atoms with Crippen LogP contribution in [0.2, 0.25) is 0 Å². The molecule has 7 heteroatoms. The van der Waals surface area contributed by atoms with Gasteiger partial charge >= 0.3 is 6.09 Å². The molecule has 1 fully saturated rings. The molecule has 1 atom stereocenters. The Hall–Kier alpha value is -2.41. The number of carbonyl (C=O) groups excluding carboxylic acids is 2. The molecule has 3 rings (SSSR count). The first-order chi connectivity index (χ1) is 13.1. The number of thiophene rings is 1. The van der Waals surface area contributed by atoms with Crippen molar-refractivity contribution in [2.75, 3.05) is 24.6 Å². The first-order valence-corrected chi connectivity index (χ1v) is 9.97. The van der Waals surface area contributed by atoms with E-state index in [9.17, 15) is 14.0 Å². The summed E-state index contributed by atoms with van der Waals surface area (Å²) in [5, 5.41) is 1.96. The van der Waals surface area contributed by atoms with Gasteiger partial charge in [-0.25, -0.2) is 9.18 Å². The molecule has 0 spiro atoms. The predicted octanol–water partition coefficient (Wildman–Crippen LogP) is 4.29. The summed E-state index contributed by atoms with van der Waals surface area (Å²) in [6, 6.07) is 9.86. The maximum atomic E-state index is 13.3. The Morgan fingerprint density at radius 1 is 1.30 bits per heavy atom. The van der Waals surface area contributed by atoms with Gasteiger partial charge in [0.05, 0.1) is 19.1 Å². The summed E-state index contributed by atoms with van der Waals surface area (Å²) in [6.07, 6.45) is 1.10. The molecule has 1 aromatic carbocycles. The van der Waals surface area contributed by atoms with E-state index in [2.05, 4.69) is 0 Å². The van der Waals surface area contributed by atoms with Crippen molar-refractivity contribution in [3.05, 3.63) is 52.5 Å². The largest absolute Gasteiger partial charge is 0.450 e. The molecule has 2 heterocycles. The van der Waals surface area contributed by atoms with Gasteiger partial charge in [0.25, 0.3) is 0 Å². The maximum absolute atomic E-state index is 13.3. The highest BCUT2D eigenvalue weighted by molar-refractivity contribution is 7.09. The van der Waals surface area contributed by atoms with Gasteiger partial charge in [-0.05, 0) is 55.5 Å². The molecule has 2 aromatic rings. The molecule has 1 aliphatic rings. The molecule has 2 amide bonds. The van der Waals surface area contributed by atoms with Crippen molar-refractivity contribution in [2.45, 2.75) is 26.3 Å². The second-order valence-electron chi connectivity index (χ2n) is 6.46. The van der Waals surface area contributed by atoms with E-state index in [4.69, 9.17) is 4.74 Å². The van der Waals surface area contributed by atoms with Crippen molar-refractivity contribution in [3.8, 4) is 0 Å². The van der Waals surface area contributed by atoms with E-state index in [0.29, 0.717) is 31.9 Å². The molecule has 1 aromatic heterocycles. The Kier molecular flexibility index (Phi) is 6.45. The first kappa shape index (κ1) is 19.4. The Morgan fingerprint density at radius 2 is 2.07 bits per heavy atom. The number of ether oxygens (including phenoxy) is 1. The lowest BCUT2D eigenvalue weighted by Crippen LogP contribution is -2.46. The van der Waals surface area contributed by atoms with Crippen molar-refractivity contribution < 1.29 is 18.7 Å². The third kappa shape index (κ3) is 4.86. The number of anilines is 1. The molecule has 144 valence electrons. The fourth-order valence-electron chi connectivity index (χ4n) is 3.26. The summed E-state index contributed by atoms with van der Waals surface area (Å²) in [5.74, 6) is -0.689. The fourth-order valence-corrected chi connectivity index (χ4v) is 3.95. The smallest absolute Gasteiger partial charge is 0.409 e. The lowest BCUT2D eigenvalue weighted by Gasteiger charge is -2.34. The molecule has 0 saturated carbocycles. The minimum absolute atomic E-state index is 0.0518. The third-order valence-corrected chi connectivity index (χ3v) is 5.46. The van der Waals surface area contributed by atoms with Gasteiger partial charge in [-0.3, -0.25) is 4.79 Å². The molecule has 0 aliphatic carbocycles. The zero-order chi connectivity index (χ0) is 19.2. The molecular formula is C20H23FN2O3S. The van der Waals surface area contributed by atoms with E-state index in [1.165, 1.54) is 12.1 Å². The molecular weight excluding hydrogens is 367 g/mol. The Balaban J connectivity index is 1.79. The molecule has 1 unspecified atom stereocenters. The van der Waals surface area contributed by atoms with Crippen molar-refractivity contribution in [1.82, 2.24) is 4.90 Å². The van der Waals surface area contributed by atoms with Gasteiger partial charge in [0.1, 0.15) is 5.82 Å². The van der Waals surface area contributed by atoms with Crippen molar-refractivity contribution in [1.29, 1.82) is 0 Å². The topological polar surface area (TPSA) is 49.9 Å². The molecule has 0 radical (unpaired) electrons. The molecule has 1 aliphatic heterocycles. The van der Waals surface area contributed by atoms with Crippen LogP contribution in [-0.2, 0) is 16.1 Å². The first-order valence-electron chi connectivity index (χ1n) is 9.09. The van der Waals surface area contributed by atoms with Crippen molar-refractivity contribution >= 4 is 29.0 Å². The average Bonchev–Trinajstić information content (AvgIpc) is 3.20. The van der Waals surface area contributed by atoms with E-state index in [0.717, 1.165) is 17.7 Å². The Labute approximate surface area is 162 Å². The number of hydrogen-bond acceptors (Lipinski definition) is 4. The molecule has 0 bridgehead atoms. The Morgan fingerprint density at radius 3 is 2.74 bits per heavy atom. The van der Waals surface area contributed by atoms with Gasteiger partial charge in [0.15, 0.2) is 0 Å². The summed E-state index contributed by atoms with van der Waals surface area (Å²) in [6.45, 7) is 3.46. The van der Waals surface area contributed by atoms with E-state index < -0.39 is 0 Å². The summed E-state index contributed by atoms with van der Waals surface area (Å²) in [4.78, 5) is 29.7. The average molecular weight is 390 g/mol. The monoisotopic (exact) mass is 390 g/mol. The number of halogens is 1. The Bertz CT molecular complexity index is 764. The van der Waals surface area contributed by atoms with Crippen molar-refractivity contribution in [2.24, 2.45) is 5.92 Å². The number of amides is 2. The van der Waals surface area contributed by atoms with Gasteiger partial charge in [0.2, 0.25) is 5.91 Å². The second kappa shape index (κ2) is 8.99. The summed E-state index contributed by atoms with van der Waals surface area (Å²) >= 11 is 1.57. The minimum atomic E-state index is -0.374. The van der Waals surface area contributed by atoms with E-state index >= 15 is 0 Å². The summed E-state index contributed by atoms with van der Waals surface area (Å²) < 4.78 is 18.4. The van der Waals surface area contributed by atoms with Crippen LogP contribution < -0.4 is 4.90 Å². The van der Waals surface area contributed by atoms with E-state index in [1.807, 2.05) is 17.5 Å². The normalized spacial score (nSPS) is 16.8. The number of hydrogen-bond donors (Lipinski definition) is 0. The van der Waals surface area contributed by atoms with Crippen LogP contribution in [0.5, 0.6) is 0 Å². The molecule has 27 heavy (non-hydrogen) atoms. The van der Waals surface area contributed by atoms with Gasteiger partial charge in [-0.2, -0.15) is 0 Å². The predicted molar refractivity (Wildman–Crippen MR) is 103 cm³/mol. The number of benzene rings is 1. The highest BCUT2D eigenvalue weighted by Gasteiger charge is 2.32. The van der Waals surface area contributed by atoms with Crippen LogP contribution in [0.4, 0.5) is 14.9 Å². The lowest BCUT2D eigenvalue weighted by atomic mass is 9.96. The standard InChI is InChI=1S/C20H23FN2O3S/c1-2-26-20(25)22-11-3-5-15(13-22)19(24)23(14-18-6-4-12-27-18)17-9-7-16(21)8-10-17/h4,6-10,12,15H,2-3,5,11,13-14H2,1H3. The fraction of sp³-hybridized carbons (Fsp3) is 0.400. The highest BCUT2D eigenvalue weighted by atomic mass is 32.1.